The maximum absolute atomic E-state index is 14.2. The molecule has 1 aromatic carbocycles. The Bertz CT molecular complexity index is 1380. The summed E-state index contributed by atoms with van der Waals surface area (Å²) in [7, 11) is -4.25. The maximum atomic E-state index is 14.2. The second-order valence-corrected chi connectivity index (χ2v) is 11.2. The van der Waals surface area contributed by atoms with Gasteiger partial charge in [-0.15, -0.1) is 0 Å². The Morgan fingerprint density at radius 3 is 2.66 bits per heavy atom. The molecule has 0 unspecified atom stereocenters. The normalized spacial score (nSPS) is 22.9. The van der Waals surface area contributed by atoms with Crippen LogP contribution < -0.4 is 20.1 Å². The van der Waals surface area contributed by atoms with Gasteiger partial charge in [0.1, 0.15) is 17.9 Å². The van der Waals surface area contributed by atoms with Gasteiger partial charge in [0.2, 0.25) is 11.8 Å². The molecule has 1 saturated heterocycles. The molecule has 1 aliphatic heterocycles. The summed E-state index contributed by atoms with van der Waals surface area (Å²) in [5.74, 6) is -1.48. The molecular weight excluding hydrogens is 562 g/mol. The molecule has 0 amide bonds. The predicted molar refractivity (Wildman–Crippen MR) is 145 cm³/mol. The minimum Gasteiger partial charge on any atom is -0.476 e. The Hall–Kier alpha value is -3.36. The highest BCUT2D eigenvalue weighted by Gasteiger charge is 2.47. The fourth-order valence-electron chi connectivity index (χ4n) is 4.21. The molecule has 224 valence electrons. The third-order valence-corrected chi connectivity index (χ3v) is 7.74. The number of aliphatic hydroxyl groups excluding tert-OH is 1. The third kappa shape index (κ3) is 7.11. The van der Waals surface area contributed by atoms with Crippen LogP contribution in [-0.2, 0) is 23.4 Å². The number of esters is 1. The summed E-state index contributed by atoms with van der Waals surface area (Å²) in [5.41, 5.74) is 6.32. The van der Waals surface area contributed by atoms with Crippen LogP contribution in [0, 0.1) is 5.92 Å². The Kier molecular flexibility index (Phi) is 9.76. The largest absolute Gasteiger partial charge is 0.476 e. The van der Waals surface area contributed by atoms with Crippen molar-refractivity contribution in [3.8, 4) is 11.6 Å². The number of ether oxygens (including phenoxy) is 3. The van der Waals surface area contributed by atoms with Crippen molar-refractivity contribution in [2.45, 2.75) is 58.3 Å². The third-order valence-electron chi connectivity index (χ3n) is 6.10. The number of para-hydroxylation sites is 1. The summed E-state index contributed by atoms with van der Waals surface area (Å²) in [6.45, 7) is 5.44. The van der Waals surface area contributed by atoms with Crippen LogP contribution >= 0.6 is 7.75 Å². The van der Waals surface area contributed by atoms with Crippen LogP contribution in [0.1, 0.15) is 33.9 Å². The first kappa shape index (κ1) is 30.6. The first-order valence-corrected chi connectivity index (χ1v) is 14.6. The maximum Gasteiger partial charge on any atom is 0.459 e. The number of alkyl halides is 1. The fourth-order valence-corrected chi connectivity index (χ4v) is 5.71. The summed E-state index contributed by atoms with van der Waals surface area (Å²) >= 11 is 0. The van der Waals surface area contributed by atoms with Crippen molar-refractivity contribution < 1.29 is 42.1 Å². The van der Waals surface area contributed by atoms with Gasteiger partial charge in [0.05, 0.1) is 38.4 Å². The van der Waals surface area contributed by atoms with E-state index in [1.807, 2.05) is 0 Å². The number of rotatable bonds is 13. The van der Waals surface area contributed by atoms with Gasteiger partial charge < -0.3 is 29.6 Å². The van der Waals surface area contributed by atoms with Gasteiger partial charge in [-0.05, 0) is 39.8 Å². The average Bonchev–Trinajstić information content (AvgIpc) is 3.47. The van der Waals surface area contributed by atoms with E-state index >= 15 is 0 Å². The minimum atomic E-state index is -4.25. The number of hydrogen-bond acceptors (Lipinski definition) is 12. The molecule has 0 saturated carbocycles. The monoisotopic (exact) mass is 596 g/mol. The van der Waals surface area contributed by atoms with Gasteiger partial charge in [-0.3, -0.25) is 18.3 Å². The molecule has 0 aliphatic carbocycles. The summed E-state index contributed by atoms with van der Waals surface area (Å²) < 4.78 is 57.3. The zero-order chi connectivity index (χ0) is 29.7. The van der Waals surface area contributed by atoms with Crippen LogP contribution in [0.5, 0.6) is 11.6 Å². The number of hydrogen-bond donors (Lipinski definition) is 3. The molecule has 3 aromatic rings. The average molecular weight is 597 g/mol. The number of aromatic nitrogens is 4. The summed E-state index contributed by atoms with van der Waals surface area (Å²) in [4.78, 5) is 24.9. The minimum absolute atomic E-state index is 0.0905. The van der Waals surface area contributed by atoms with E-state index in [1.54, 1.807) is 51.1 Å². The molecule has 1 fully saturated rings. The molecule has 41 heavy (non-hydrogen) atoms. The van der Waals surface area contributed by atoms with Crippen molar-refractivity contribution in [1.29, 1.82) is 0 Å². The number of halogens is 1. The van der Waals surface area contributed by atoms with Crippen molar-refractivity contribution >= 4 is 30.8 Å². The highest BCUT2D eigenvalue weighted by molar-refractivity contribution is 7.52. The number of carbonyl (C=O) groups excluding carboxylic acids is 1. The van der Waals surface area contributed by atoms with Gasteiger partial charge in [-0.25, -0.2) is 9.55 Å². The van der Waals surface area contributed by atoms with Gasteiger partial charge in [0.25, 0.3) is 0 Å². The van der Waals surface area contributed by atoms with Crippen LogP contribution in [-0.4, -0.2) is 74.8 Å². The number of anilines is 1. The van der Waals surface area contributed by atoms with Crippen molar-refractivity contribution in [2.75, 3.05) is 25.6 Å². The van der Waals surface area contributed by atoms with Crippen LogP contribution in [0.2, 0.25) is 0 Å². The second kappa shape index (κ2) is 13.1. The first-order chi connectivity index (χ1) is 19.5. The van der Waals surface area contributed by atoms with Crippen LogP contribution in [0.3, 0.4) is 0 Å². The number of nitrogens with two attached hydrogens (primary N) is 1. The molecule has 0 spiro atoms. The van der Waals surface area contributed by atoms with Gasteiger partial charge in [0, 0.05) is 5.92 Å². The first-order valence-electron chi connectivity index (χ1n) is 13.0. The quantitative estimate of drug-likeness (QED) is 0.194. The lowest BCUT2D eigenvalue weighted by Crippen LogP contribution is -2.37. The van der Waals surface area contributed by atoms with Crippen LogP contribution in [0.25, 0.3) is 11.2 Å². The molecule has 6 atom stereocenters. The van der Waals surface area contributed by atoms with E-state index in [2.05, 4.69) is 20.0 Å². The zero-order valence-electron chi connectivity index (χ0n) is 23.0. The van der Waals surface area contributed by atoms with Crippen LogP contribution in [0.4, 0.5) is 10.3 Å². The van der Waals surface area contributed by atoms with Gasteiger partial charge in [0.15, 0.2) is 17.4 Å². The van der Waals surface area contributed by atoms with Crippen LogP contribution in [0.15, 0.2) is 36.7 Å². The predicted octanol–water partition coefficient (Wildman–Crippen LogP) is 2.78. The van der Waals surface area contributed by atoms with E-state index < -0.39 is 63.5 Å². The Balaban J connectivity index is 1.55. The van der Waals surface area contributed by atoms with E-state index in [1.165, 1.54) is 17.8 Å². The molecule has 2 aromatic heterocycles. The summed E-state index contributed by atoms with van der Waals surface area (Å²) in [5, 5.41) is 13.6. The summed E-state index contributed by atoms with van der Waals surface area (Å²) in [6.07, 6.45) is -2.63. The van der Waals surface area contributed by atoms with E-state index in [0.29, 0.717) is 6.61 Å². The van der Waals surface area contributed by atoms with E-state index in [9.17, 15) is 18.9 Å². The number of nitrogens with zero attached hydrogens (tertiary/aromatic N) is 4. The number of benzene rings is 1. The standard InChI is InChI=1S/C25H34FN6O8P/c1-5-36-22-19-21(29-25(27)30-22)32(13-28-19)23-20(33)17(11-26)18(39-23)12-37-41(35,40-16-9-7-6-8-10-16)31-15(4)24(34)38-14(2)3/h6-10,13-15,17-18,20,23,33H,5,11-12H2,1-4H3,(H,31,35)(H2,27,29,30)/t15-,17+,18+,20+,23+,41+/m0/s1. The topological polar surface area (TPSA) is 182 Å². The van der Waals surface area contributed by atoms with E-state index in [-0.39, 0.29) is 28.7 Å². The number of aliphatic hydroxyl groups is 1. The smallest absolute Gasteiger partial charge is 0.459 e. The van der Waals surface area contributed by atoms with Crippen molar-refractivity contribution in [3.63, 3.8) is 0 Å². The highest BCUT2D eigenvalue weighted by atomic mass is 31.2. The molecule has 16 heteroatoms. The Morgan fingerprint density at radius 1 is 1.27 bits per heavy atom. The lowest BCUT2D eigenvalue weighted by Gasteiger charge is -2.25. The molecule has 1 aliphatic rings. The van der Waals surface area contributed by atoms with Crippen molar-refractivity contribution in [3.05, 3.63) is 36.7 Å². The molecule has 0 radical (unpaired) electrons. The molecular formula is C25H34FN6O8P. The lowest BCUT2D eigenvalue weighted by molar-refractivity contribution is -0.149. The fraction of sp³-hybridized carbons (Fsp3) is 0.520. The molecule has 0 bridgehead atoms. The molecule has 4 rings (SSSR count). The number of carbonyl (C=O) groups is 1. The van der Waals surface area contributed by atoms with E-state index in [4.69, 9.17) is 29.0 Å². The molecule has 3 heterocycles. The SMILES string of the molecule is CCOc1nc(N)nc2c1ncn2[C@@H]1O[C@H](CO[P@](=O)(N[C@@H](C)C(=O)OC(C)C)Oc2ccccc2)[C@@H](CF)[C@H]1O. The van der Waals surface area contributed by atoms with Gasteiger partial charge >= 0.3 is 13.7 Å². The van der Waals surface area contributed by atoms with E-state index in [0.717, 1.165) is 0 Å². The Labute approximate surface area is 235 Å². The highest BCUT2D eigenvalue weighted by Crippen LogP contribution is 2.47. The number of imidazole rings is 1. The Morgan fingerprint density at radius 2 is 2.00 bits per heavy atom. The second-order valence-electron chi connectivity index (χ2n) is 9.55. The lowest BCUT2D eigenvalue weighted by atomic mass is 10.00. The molecule has 4 N–H and O–H groups in total. The molecule has 14 nitrogen and oxygen atoms in total. The number of fused-ring (bicyclic) bond motifs is 1. The van der Waals surface area contributed by atoms with Crippen molar-refractivity contribution in [1.82, 2.24) is 24.6 Å². The number of nitrogens with one attached hydrogen (secondary N) is 1. The van der Waals surface area contributed by atoms with Gasteiger partial charge in [-0.1, -0.05) is 18.2 Å². The van der Waals surface area contributed by atoms with Crippen molar-refractivity contribution in [2.24, 2.45) is 5.92 Å². The van der Waals surface area contributed by atoms with Gasteiger partial charge in [-0.2, -0.15) is 15.1 Å². The number of nitrogen functional groups attached to an aromatic ring is 1. The zero-order valence-corrected chi connectivity index (χ0v) is 23.9. The summed E-state index contributed by atoms with van der Waals surface area (Å²) in [6, 6.07) is 7.11.